The van der Waals surface area contributed by atoms with E-state index < -0.39 is 0 Å². The van der Waals surface area contributed by atoms with Crippen molar-refractivity contribution in [3.63, 3.8) is 0 Å². The molecular weight excluding hydrogens is 211 g/mol. The molecule has 0 radical (unpaired) electrons. The normalized spacial score (nSPS) is 29.8. The van der Waals surface area contributed by atoms with Gasteiger partial charge in [-0.3, -0.25) is 0 Å². The van der Waals surface area contributed by atoms with Gasteiger partial charge in [-0.1, -0.05) is 13.0 Å². The van der Waals surface area contributed by atoms with Gasteiger partial charge in [0, 0.05) is 0 Å². The zero-order chi connectivity index (χ0) is 5.98. The second kappa shape index (κ2) is 2.85. The molecule has 1 atom stereocenters. The van der Waals surface area contributed by atoms with Crippen LogP contribution in [0.5, 0.6) is 0 Å². The van der Waals surface area contributed by atoms with E-state index in [9.17, 15) is 0 Å². The van der Waals surface area contributed by atoms with Crippen molar-refractivity contribution in [2.24, 2.45) is 5.92 Å². The summed E-state index contributed by atoms with van der Waals surface area (Å²) in [5, 5.41) is 0. The van der Waals surface area contributed by atoms with E-state index in [-0.39, 0.29) is 0 Å². The van der Waals surface area contributed by atoms with E-state index in [1.54, 1.807) is 3.58 Å². The van der Waals surface area contributed by atoms with Crippen LogP contribution in [0.1, 0.15) is 26.2 Å². The first-order valence-electron chi connectivity index (χ1n) is 3.16. The van der Waals surface area contributed by atoms with Crippen LogP contribution in [0.15, 0.2) is 9.66 Å². The first kappa shape index (κ1) is 6.59. The molecule has 0 bridgehead atoms. The van der Waals surface area contributed by atoms with Crippen molar-refractivity contribution >= 4 is 22.6 Å². The molecule has 1 rings (SSSR count). The second-order valence-electron chi connectivity index (χ2n) is 2.42. The monoisotopic (exact) mass is 222 g/mol. The number of allylic oxidation sites excluding steroid dienone is 2. The lowest BCUT2D eigenvalue weighted by Crippen LogP contribution is -1.98. The van der Waals surface area contributed by atoms with Crippen molar-refractivity contribution in [1.82, 2.24) is 0 Å². The number of rotatable bonds is 0. The molecule has 0 fully saturated rings. The van der Waals surface area contributed by atoms with Crippen molar-refractivity contribution < 1.29 is 0 Å². The second-order valence-corrected chi connectivity index (χ2v) is 3.67. The van der Waals surface area contributed by atoms with Gasteiger partial charge in [0.25, 0.3) is 0 Å². The highest BCUT2D eigenvalue weighted by molar-refractivity contribution is 14.1. The Labute approximate surface area is 64.5 Å². The van der Waals surface area contributed by atoms with Crippen molar-refractivity contribution in [3.05, 3.63) is 9.66 Å². The molecule has 1 heteroatoms. The summed E-state index contributed by atoms with van der Waals surface area (Å²) in [5.74, 6) is 0.851. The van der Waals surface area contributed by atoms with Crippen molar-refractivity contribution in [2.75, 3.05) is 0 Å². The van der Waals surface area contributed by atoms with E-state index in [0.29, 0.717) is 0 Å². The maximum absolute atomic E-state index is 2.44. The Hall–Kier alpha value is 0.470. The highest BCUT2D eigenvalue weighted by Gasteiger charge is 2.08. The molecule has 0 N–H and O–H groups in total. The van der Waals surface area contributed by atoms with E-state index >= 15 is 0 Å². The van der Waals surface area contributed by atoms with Crippen LogP contribution in [0.2, 0.25) is 0 Å². The van der Waals surface area contributed by atoms with Gasteiger partial charge in [-0.15, -0.1) is 0 Å². The van der Waals surface area contributed by atoms with E-state index in [4.69, 9.17) is 0 Å². The molecule has 0 aromatic heterocycles. The Bertz CT molecular complexity index is 105. The fourth-order valence-electron chi connectivity index (χ4n) is 1.00. The zero-order valence-electron chi connectivity index (χ0n) is 5.15. The quantitative estimate of drug-likeness (QED) is 0.552. The fraction of sp³-hybridized carbons (Fsp3) is 0.714. The number of hydrogen-bond donors (Lipinski definition) is 0. The summed E-state index contributed by atoms with van der Waals surface area (Å²) >= 11 is 2.44. The predicted molar refractivity (Wildman–Crippen MR) is 45.1 cm³/mol. The molecule has 0 aromatic carbocycles. The third-order valence-corrected chi connectivity index (χ3v) is 3.15. The van der Waals surface area contributed by atoms with E-state index in [1.807, 2.05) is 0 Å². The molecule has 8 heavy (non-hydrogen) atoms. The van der Waals surface area contributed by atoms with E-state index in [1.165, 1.54) is 19.3 Å². The maximum atomic E-state index is 2.44. The van der Waals surface area contributed by atoms with Gasteiger partial charge in [-0.05, 0) is 51.4 Å². The summed E-state index contributed by atoms with van der Waals surface area (Å²) in [6, 6.07) is 0. The molecule has 0 heterocycles. The summed E-state index contributed by atoms with van der Waals surface area (Å²) in [7, 11) is 0. The zero-order valence-corrected chi connectivity index (χ0v) is 7.31. The Kier molecular flexibility index (Phi) is 2.35. The Balaban J connectivity index is 2.53. The minimum absolute atomic E-state index is 0.851. The summed E-state index contributed by atoms with van der Waals surface area (Å²) in [6.07, 6.45) is 6.46. The molecular formula is C7H11I. The molecule has 46 valence electrons. The molecule has 0 saturated heterocycles. The Morgan fingerprint density at radius 2 is 2.50 bits per heavy atom. The lowest BCUT2D eigenvalue weighted by molar-refractivity contribution is 0.580. The SMILES string of the molecule is C[C@@H]1CCCC=C1I. The highest BCUT2D eigenvalue weighted by atomic mass is 127. The first-order chi connectivity index (χ1) is 3.80. The minimum atomic E-state index is 0.851. The van der Waals surface area contributed by atoms with Crippen LogP contribution in [0.4, 0.5) is 0 Å². The van der Waals surface area contributed by atoms with Crippen LogP contribution < -0.4 is 0 Å². The van der Waals surface area contributed by atoms with E-state index in [0.717, 1.165) is 5.92 Å². The molecule has 0 saturated carbocycles. The van der Waals surface area contributed by atoms with Crippen LogP contribution in [0, 0.1) is 5.92 Å². The third kappa shape index (κ3) is 1.47. The van der Waals surface area contributed by atoms with Gasteiger partial charge in [0.15, 0.2) is 0 Å². The van der Waals surface area contributed by atoms with Crippen LogP contribution in [0.3, 0.4) is 0 Å². The van der Waals surface area contributed by atoms with Crippen LogP contribution in [0.25, 0.3) is 0 Å². The summed E-state index contributed by atoms with van der Waals surface area (Å²) in [6.45, 7) is 2.30. The first-order valence-corrected chi connectivity index (χ1v) is 4.24. The molecule has 1 aliphatic rings. The lowest BCUT2D eigenvalue weighted by Gasteiger charge is -2.14. The maximum Gasteiger partial charge on any atom is -0.0106 e. The summed E-state index contributed by atoms with van der Waals surface area (Å²) in [4.78, 5) is 0. The Morgan fingerprint density at radius 1 is 1.75 bits per heavy atom. The largest absolute Gasteiger partial charge is 0.0750 e. The average molecular weight is 222 g/mol. The average Bonchev–Trinajstić information content (AvgIpc) is 1.77. The molecule has 0 nitrogen and oxygen atoms in total. The van der Waals surface area contributed by atoms with E-state index in [2.05, 4.69) is 35.6 Å². The molecule has 1 aliphatic carbocycles. The number of halogens is 1. The topological polar surface area (TPSA) is 0 Å². The van der Waals surface area contributed by atoms with Crippen molar-refractivity contribution in [3.8, 4) is 0 Å². The van der Waals surface area contributed by atoms with Gasteiger partial charge in [-0.25, -0.2) is 0 Å². The summed E-state index contributed by atoms with van der Waals surface area (Å²) in [5.41, 5.74) is 0. The molecule has 0 spiro atoms. The van der Waals surface area contributed by atoms with Crippen molar-refractivity contribution in [1.29, 1.82) is 0 Å². The molecule has 0 amide bonds. The standard InChI is InChI=1S/C7H11I/c1-6-4-2-3-5-7(6)8/h5-6H,2-4H2,1H3/t6-/m1/s1. The van der Waals surface area contributed by atoms with Gasteiger partial charge in [0.1, 0.15) is 0 Å². The number of hydrogen-bond acceptors (Lipinski definition) is 0. The van der Waals surface area contributed by atoms with Gasteiger partial charge < -0.3 is 0 Å². The van der Waals surface area contributed by atoms with Gasteiger partial charge >= 0.3 is 0 Å². The van der Waals surface area contributed by atoms with Crippen LogP contribution >= 0.6 is 22.6 Å². The summed E-state index contributed by atoms with van der Waals surface area (Å²) < 4.78 is 1.56. The molecule has 0 aliphatic heterocycles. The van der Waals surface area contributed by atoms with Crippen molar-refractivity contribution in [2.45, 2.75) is 26.2 Å². The Morgan fingerprint density at radius 3 is 2.88 bits per heavy atom. The van der Waals surface area contributed by atoms with Crippen LogP contribution in [-0.2, 0) is 0 Å². The lowest BCUT2D eigenvalue weighted by atomic mass is 9.98. The fourth-order valence-corrected chi connectivity index (χ4v) is 1.63. The smallest absolute Gasteiger partial charge is 0.0106 e. The minimum Gasteiger partial charge on any atom is -0.0750 e. The van der Waals surface area contributed by atoms with Gasteiger partial charge in [0.05, 0.1) is 0 Å². The molecule has 0 aromatic rings. The van der Waals surface area contributed by atoms with Gasteiger partial charge in [-0.2, -0.15) is 0 Å². The predicted octanol–water partition coefficient (Wildman–Crippen LogP) is 3.13. The highest BCUT2D eigenvalue weighted by Crippen LogP contribution is 2.28. The van der Waals surface area contributed by atoms with Gasteiger partial charge in [0.2, 0.25) is 0 Å². The van der Waals surface area contributed by atoms with Crippen LogP contribution in [-0.4, -0.2) is 0 Å². The molecule has 0 unspecified atom stereocenters. The third-order valence-electron chi connectivity index (χ3n) is 1.65.